The summed E-state index contributed by atoms with van der Waals surface area (Å²) in [5.41, 5.74) is 1.80. The summed E-state index contributed by atoms with van der Waals surface area (Å²) in [5.74, 6) is 0.629. The van der Waals surface area contributed by atoms with Gasteiger partial charge in [0.15, 0.2) is 0 Å². The van der Waals surface area contributed by atoms with Gasteiger partial charge in [0.2, 0.25) is 10.0 Å². The number of aryl methyl sites for hydroxylation is 1. The molecule has 0 saturated carbocycles. The predicted octanol–water partition coefficient (Wildman–Crippen LogP) is 2.63. The Balaban J connectivity index is 2.21. The van der Waals surface area contributed by atoms with Gasteiger partial charge in [0.05, 0.1) is 11.9 Å². The highest BCUT2D eigenvalue weighted by molar-refractivity contribution is 7.92. The number of carbonyl (C=O) groups excluding carboxylic acids is 1. The third-order valence-corrected chi connectivity index (χ3v) is 4.67. The molecule has 6 heteroatoms. The van der Waals surface area contributed by atoms with Gasteiger partial charge in [-0.05, 0) is 49.8 Å². The average molecular weight is 324 g/mol. The first-order chi connectivity index (χ1) is 10.3. The van der Waals surface area contributed by atoms with Gasteiger partial charge in [-0.2, -0.15) is 0 Å². The summed E-state index contributed by atoms with van der Waals surface area (Å²) in [6, 6.07) is 5.17. The number of carbonyl (C=O) groups is 1. The van der Waals surface area contributed by atoms with Gasteiger partial charge < -0.3 is 4.90 Å². The van der Waals surface area contributed by atoms with Crippen LogP contribution >= 0.6 is 0 Å². The Morgan fingerprint density at radius 3 is 2.68 bits per heavy atom. The number of nitrogens with zero attached hydrogens (tertiary/aromatic N) is 1. The molecule has 0 bridgehead atoms. The Labute approximate surface area is 132 Å². The molecule has 1 heterocycles. The maximum atomic E-state index is 12.6. The van der Waals surface area contributed by atoms with Crippen molar-refractivity contribution in [1.29, 1.82) is 0 Å². The minimum atomic E-state index is -3.36. The fourth-order valence-electron chi connectivity index (χ4n) is 2.71. The Kier molecular flexibility index (Phi) is 5.11. The van der Waals surface area contributed by atoms with Gasteiger partial charge in [-0.3, -0.25) is 9.52 Å². The van der Waals surface area contributed by atoms with Crippen molar-refractivity contribution in [2.75, 3.05) is 24.1 Å². The SMILES string of the molecule is Cc1ccc(C(=O)N2CCCC(C)CC2)cc1NS(C)(=O)=O. The molecule has 0 aromatic heterocycles. The summed E-state index contributed by atoms with van der Waals surface area (Å²) in [7, 11) is -3.36. The van der Waals surface area contributed by atoms with Crippen molar-refractivity contribution in [2.24, 2.45) is 5.92 Å². The maximum absolute atomic E-state index is 12.6. The number of sulfonamides is 1. The van der Waals surface area contributed by atoms with Crippen LogP contribution in [0.1, 0.15) is 42.1 Å². The standard InChI is InChI=1S/C16H24N2O3S/c1-12-5-4-9-18(10-8-12)16(19)14-7-6-13(2)15(11-14)17-22(3,20)21/h6-7,11-12,17H,4-5,8-10H2,1-3H3. The van der Waals surface area contributed by atoms with Crippen LogP contribution < -0.4 is 4.72 Å². The van der Waals surface area contributed by atoms with Crippen molar-refractivity contribution < 1.29 is 13.2 Å². The van der Waals surface area contributed by atoms with Crippen molar-refractivity contribution in [1.82, 2.24) is 4.90 Å². The highest BCUT2D eigenvalue weighted by Gasteiger charge is 2.20. The van der Waals surface area contributed by atoms with E-state index in [1.165, 1.54) is 0 Å². The summed E-state index contributed by atoms with van der Waals surface area (Å²) < 4.78 is 25.3. The summed E-state index contributed by atoms with van der Waals surface area (Å²) in [6.45, 7) is 5.57. The van der Waals surface area contributed by atoms with Gasteiger partial charge in [0.25, 0.3) is 5.91 Å². The van der Waals surface area contributed by atoms with Crippen LogP contribution in [-0.4, -0.2) is 38.6 Å². The van der Waals surface area contributed by atoms with Gasteiger partial charge in [-0.15, -0.1) is 0 Å². The highest BCUT2D eigenvalue weighted by atomic mass is 32.2. The van der Waals surface area contributed by atoms with E-state index in [4.69, 9.17) is 0 Å². The first kappa shape index (κ1) is 16.8. The Hall–Kier alpha value is -1.56. The Morgan fingerprint density at radius 2 is 2.00 bits per heavy atom. The van der Waals surface area contributed by atoms with E-state index in [0.717, 1.165) is 44.2 Å². The van der Waals surface area contributed by atoms with Crippen molar-refractivity contribution in [3.8, 4) is 0 Å². The average Bonchev–Trinajstić information content (AvgIpc) is 2.64. The fraction of sp³-hybridized carbons (Fsp3) is 0.562. The largest absolute Gasteiger partial charge is 0.339 e. The van der Waals surface area contributed by atoms with Crippen LogP contribution in [-0.2, 0) is 10.0 Å². The van der Waals surface area contributed by atoms with Crippen LogP contribution in [0.25, 0.3) is 0 Å². The zero-order valence-corrected chi connectivity index (χ0v) is 14.2. The summed E-state index contributed by atoms with van der Waals surface area (Å²) in [5, 5.41) is 0. The molecule has 1 unspecified atom stereocenters. The molecule has 0 radical (unpaired) electrons. The Morgan fingerprint density at radius 1 is 1.27 bits per heavy atom. The molecule has 0 spiro atoms. The second kappa shape index (κ2) is 6.69. The minimum Gasteiger partial charge on any atom is -0.339 e. The van der Waals surface area contributed by atoms with E-state index in [0.29, 0.717) is 17.2 Å². The van der Waals surface area contributed by atoms with Gasteiger partial charge >= 0.3 is 0 Å². The number of hydrogen-bond acceptors (Lipinski definition) is 3. The number of benzene rings is 1. The molecule has 122 valence electrons. The molecule has 1 saturated heterocycles. The van der Waals surface area contributed by atoms with Crippen LogP contribution in [0, 0.1) is 12.8 Å². The first-order valence-corrected chi connectivity index (χ1v) is 9.53. The molecule has 22 heavy (non-hydrogen) atoms. The summed E-state index contributed by atoms with van der Waals surface area (Å²) in [4.78, 5) is 14.5. The monoisotopic (exact) mass is 324 g/mol. The molecule has 1 aromatic rings. The lowest BCUT2D eigenvalue weighted by atomic mass is 10.0. The lowest BCUT2D eigenvalue weighted by Crippen LogP contribution is -2.32. The number of anilines is 1. The lowest BCUT2D eigenvalue weighted by Gasteiger charge is -2.21. The van der Waals surface area contributed by atoms with E-state index in [1.54, 1.807) is 18.2 Å². The quantitative estimate of drug-likeness (QED) is 0.929. The van der Waals surface area contributed by atoms with Crippen LogP contribution in [0.15, 0.2) is 18.2 Å². The molecule has 1 amide bonds. The van der Waals surface area contributed by atoms with Gasteiger partial charge in [0, 0.05) is 18.7 Å². The molecule has 1 atom stereocenters. The van der Waals surface area contributed by atoms with Gasteiger partial charge in [0.1, 0.15) is 0 Å². The van der Waals surface area contributed by atoms with E-state index in [-0.39, 0.29) is 5.91 Å². The van der Waals surface area contributed by atoms with Crippen LogP contribution in [0.2, 0.25) is 0 Å². The van der Waals surface area contributed by atoms with Crippen molar-refractivity contribution >= 4 is 21.6 Å². The van der Waals surface area contributed by atoms with Crippen molar-refractivity contribution in [3.63, 3.8) is 0 Å². The second-order valence-electron chi connectivity index (χ2n) is 6.23. The molecule has 1 fully saturated rings. The molecule has 1 aromatic carbocycles. The third kappa shape index (κ3) is 4.47. The van der Waals surface area contributed by atoms with E-state index < -0.39 is 10.0 Å². The molecular weight excluding hydrogens is 300 g/mol. The van der Waals surface area contributed by atoms with Gasteiger partial charge in [-0.25, -0.2) is 8.42 Å². The number of amides is 1. The van der Waals surface area contributed by atoms with Crippen LogP contribution in [0.3, 0.4) is 0 Å². The predicted molar refractivity (Wildman–Crippen MR) is 88.6 cm³/mol. The lowest BCUT2D eigenvalue weighted by molar-refractivity contribution is 0.0760. The molecule has 1 N–H and O–H groups in total. The molecule has 1 aliphatic rings. The number of likely N-dealkylation sites (tertiary alicyclic amines) is 1. The molecule has 0 aliphatic carbocycles. The van der Waals surface area contributed by atoms with Crippen LogP contribution in [0.5, 0.6) is 0 Å². The minimum absolute atomic E-state index is 0.0225. The Bertz CT molecular complexity index is 655. The van der Waals surface area contributed by atoms with Gasteiger partial charge in [-0.1, -0.05) is 13.0 Å². The first-order valence-electron chi connectivity index (χ1n) is 7.64. The van der Waals surface area contributed by atoms with Crippen LogP contribution in [0.4, 0.5) is 5.69 Å². The summed E-state index contributed by atoms with van der Waals surface area (Å²) in [6.07, 6.45) is 4.30. The zero-order chi connectivity index (χ0) is 16.3. The van der Waals surface area contributed by atoms with E-state index >= 15 is 0 Å². The molecule has 5 nitrogen and oxygen atoms in total. The number of hydrogen-bond donors (Lipinski definition) is 1. The van der Waals surface area contributed by atoms with E-state index in [2.05, 4.69) is 11.6 Å². The molecule has 1 aliphatic heterocycles. The number of rotatable bonds is 3. The smallest absolute Gasteiger partial charge is 0.253 e. The highest BCUT2D eigenvalue weighted by Crippen LogP contribution is 2.22. The number of nitrogens with one attached hydrogen (secondary N) is 1. The molecular formula is C16H24N2O3S. The van der Waals surface area contributed by atoms with Crippen molar-refractivity contribution in [3.05, 3.63) is 29.3 Å². The maximum Gasteiger partial charge on any atom is 0.253 e. The van der Waals surface area contributed by atoms with E-state index in [1.807, 2.05) is 11.8 Å². The topological polar surface area (TPSA) is 66.5 Å². The summed E-state index contributed by atoms with van der Waals surface area (Å²) >= 11 is 0. The molecule has 2 rings (SSSR count). The van der Waals surface area contributed by atoms with Crippen molar-refractivity contribution in [2.45, 2.75) is 33.1 Å². The fourth-order valence-corrected chi connectivity index (χ4v) is 3.33. The second-order valence-corrected chi connectivity index (χ2v) is 7.98. The normalized spacial score (nSPS) is 19.6. The van der Waals surface area contributed by atoms with E-state index in [9.17, 15) is 13.2 Å². The zero-order valence-electron chi connectivity index (χ0n) is 13.4. The third-order valence-electron chi connectivity index (χ3n) is 4.08.